The molecule has 2 aliphatic heterocycles. The van der Waals surface area contributed by atoms with E-state index in [1.165, 1.54) is 5.01 Å². The highest BCUT2D eigenvalue weighted by atomic mass is 32.2. The van der Waals surface area contributed by atoms with E-state index in [9.17, 15) is 14.7 Å². The molecule has 0 saturated carbocycles. The summed E-state index contributed by atoms with van der Waals surface area (Å²) in [5.41, 5.74) is 2.52. The number of ketones is 1. The summed E-state index contributed by atoms with van der Waals surface area (Å²) in [5, 5.41) is 17.2. The number of para-hydroxylation sites is 2. The number of benzene rings is 2. The summed E-state index contributed by atoms with van der Waals surface area (Å²) < 4.78 is 0. The van der Waals surface area contributed by atoms with Gasteiger partial charge in [0.05, 0.1) is 38.8 Å². The van der Waals surface area contributed by atoms with Crippen LogP contribution >= 0.6 is 11.8 Å². The first-order valence-corrected chi connectivity index (χ1v) is 10.8. The van der Waals surface area contributed by atoms with E-state index >= 15 is 0 Å². The molecule has 1 aliphatic carbocycles. The summed E-state index contributed by atoms with van der Waals surface area (Å²) in [5.74, 6) is -0.911. The van der Waals surface area contributed by atoms with Gasteiger partial charge in [-0.3, -0.25) is 9.59 Å². The molecule has 5 rings (SSSR count). The van der Waals surface area contributed by atoms with Gasteiger partial charge in [-0.25, -0.2) is 0 Å². The Morgan fingerprint density at radius 3 is 2.45 bits per heavy atom. The number of hydrogen-bond acceptors (Lipinski definition) is 6. The summed E-state index contributed by atoms with van der Waals surface area (Å²) in [4.78, 5) is 29.2. The van der Waals surface area contributed by atoms with Crippen LogP contribution in [0, 0.1) is 0 Å². The molecule has 7 heteroatoms. The average molecular weight is 430 g/mol. The molecule has 0 atom stereocenters. The lowest BCUT2D eigenvalue weighted by Crippen LogP contribution is -2.29. The summed E-state index contributed by atoms with van der Waals surface area (Å²) in [6.45, 7) is 4.45. The van der Waals surface area contributed by atoms with E-state index in [-0.39, 0.29) is 28.3 Å². The molecule has 1 amide bonds. The topological polar surface area (TPSA) is 73.2 Å². The molecular weight excluding hydrogens is 410 g/mol. The largest absolute Gasteiger partial charge is 0.506 e. The maximum atomic E-state index is 13.0. The van der Waals surface area contributed by atoms with Crippen molar-refractivity contribution in [2.75, 3.05) is 16.5 Å². The Morgan fingerprint density at radius 2 is 1.74 bits per heavy atom. The van der Waals surface area contributed by atoms with Crippen molar-refractivity contribution in [3.05, 3.63) is 88.2 Å². The second-order valence-electron chi connectivity index (χ2n) is 7.28. The summed E-state index contributed by atoms with van der Waals surface area (Å²) in [6, 6.07) is 17.0. The Morgan fingerprint density at radius 1 is 1.03 bits per heavy atom. The Hall–Kier alpha value is -3.58. The van der Waals surface area contributed by atoms with E-state index in [1.807, 2.05) is 49.4 Å². The lowest BCUT2D eigenvalue weighted by Gasteiger charge is -2.23. The van der Waals surface area contributed by atoms with Gasteiger partial charge in [-0.1, -0.05) is 42.1 Å². The van der Waals surface area contributed by atoms with Crippen LogP contribution in [0.3, 0.4) is 0 Å². The number of rotatable bonds is 3. The zero-order valence-corrected chi connectivity index (χ0v) is 17.8. The number of nitrogens with zero attached hydrogens (tertiary/aromatic N) is 3. The SMILES string of the molecule is CCN1/C(=C/C2=C(O)C(=C3/C(=O)N(c4ccccc4)N=C3C)/C2=O)Sc2ccccc21. The van der Waals surface area contributed by atoms with Crippen LogP contribution in [-0.4, -0.2) is 29.1 Å². The number of fused-ring (bicyclic) bond motifs is 1. The first-order chi connectivity index (χ1) is 15.0. The number of allylic oxidation sites excluding steroid dienone is 3. The van der Waals surface area contributed by atoms with E-state index in [0.717, 1.165) is 22.2 Å². The van der Waals surface area contributed by atoms with Crippen LogP contribution in [0.4, 0.5) is 11.4 Å². The Labute approximate surface area is 183 Å². The molecule has 2 aromatic rings. The number of anilines is 2. The van der Waals surface area contributed by atoms with Gasteiger partial charge >= 0.3 is 0 Å². The van der Waals surface area contributed by atoms with Gasteiger partial charge in [0.2, 0.25) is 5.78 Å². The minimum Gasteiger partial charge on any atom is -0.506 e. The molecule has 154 valence electrons. The van der Waals surface area contributed by atoms with Crippen molar-refractivity contribution < 1.29 is 14.7 Å². The number of thioether (sulfide) groups is 1. The quantitative estimate of drug-likeness (QED) is 0.724. The van der Waals surface area contributed by atoms with Gasteiger partial charge in [-0.05, 0) is 44.2 Å². The van der Waals surface area contributed by atoms with Crippen molar-refractivity contribution in [3.63, 3.8) is 0 Å². The van der Waals surface area contributed by atoms with Crippen molar-refractivity contribution >= 4 is 40.5 Å². The normalized spacial score (nSPS) is 21.7. The lowest BCUT2D eigenvalue weighted by atomic mass is 9.83. The third-order valence-electron chi connectivity index (χ3n) is 5.45. The number of aliphatic hydroxyl groups is 1. The van der Waals surface area contributed by atoms with Gasteiger partial charge in [0.15, 0.2) is 0 Å². The van der Waals surface area contributed by atoms with Gasteiger partial charge in [0.1, 0.15) is 5.76 Å². The average Bonchev–Trinajstić information content (AvgIpc) is 3.29. The molecular formula is C24H19N3O3S. The Kier molecular flexibility index (Phi) is 4.55. The second-order valence-corrected chi connectivity index (χ2v) is 8.34. The van der Waals surface area contributed by atoms with Crippen LogP contribution in [0.25, 0.3) is 0 Å². The molecule has 31 heavy (non-hydrogen) atoms. The molecule has 6 nitrogen and oxygen atoms in total. The summed E-state index contributed by atoms with van der Waals surface area (Å²) in [7, 11) is 0. The van der Waals surface area contributed by atoms with Crippen LogP contribution in [0.2, 0.25) is 0 Å². The predicted molar refractivity (Wildman–Crippen MR) is 122 cm³/mol. The third kappa shape index (κ3) is 2.92. The van der Waals surface area contributed by atoms with Crippen LogP contribution in [-0.2, 0) is 9.59 Å². The fraction of sp³-hybridized carbons (Fsp3) is 0.125. The number of carbonyl (C=O) groups excluding carboxylic acids is 2. The van der Waals surface area contributed by atoms with E-state index in [1.54, 1.807) is 36.9 Å². The zero-order valence-electron chi connectivity index (χ0n) is 17.0. The molecule has 0 aromatic heterocycles. The first-order valence-electron chi connectivity index (χ1n) is 9.95. The monoisotopic (exact) mass is 429 g/mol. The number of Topliss-reactive ketones (excluding diaryl/α,β-unsaturated/α-hetero) is 1. The maximum absolute atomic E-state index is 13.0. The number of hydrazone groups is 1. The van der Waals surface area contributed by atoms with Gasteiger partial charge < -0.3 is 10.0 Å². The van der Waals surface area contributed by atoms with E-state index in [0.29, 0.717) is 11.4 Å². The van der Waals surface area contributed by atoms with Crippen LogP contribution in [0.1, 0.15) is 13.8 Å². The molecule has 0 spiro atoms. The van der Waals surface area contributed by atoms with Gasteiger partial charge in [-0.2, -0.15) is 10.1 Å². The molecule has 0 fully saturated rings. The van der Waals surface area contributed by atoms with Crippen LogP contribution in [0.5, 0.6) is 0 Å². The van der Waals surface area contributed by atoms with E-state index in [4.69, 9.17) is 0 Å². The van der Waals surface area contributed by atoms with E-state index in [2.05, 4.69) is 10.0 Å². The maximum Gasteiger partial charge on any atom is 0.281 e. The molecule has 0 saturated heterocycles. The lowest BCUT2D eigenvalue weighted by molar-refractivity contribution is -0.116. The fourth-order valence-corrected chi connectivity index (χ4v) is 5.10. The molecule has 0 bridgehead atoms. The summed E-state index contributed by atoms with van der Waals surface area (Å²) >= 11 is 1.56. The van der Waals surface area contributed by atoms with Crippen molar-refractivity contribution in [1.29, 1.82) is 0 Å². The highest BCUT2D eigenvalue weighted by Gasteiger charge is 2.42. The first kappa shape index (κ1) is 19.4. The standard InChI is InChI=1S/C24H19N3O3S/c1-3-26-17-11-7-8-12-18(17)31-19(26)13-16-22(28)21(23(16)29)20-14(2)25-27(24(20)30)15-9-5-4-6-10-15/h4-13,28H,3H2,1-2H3/b19-13-,21-20-. The van der Waals surface area contributed by atoms with Gasteiger partial charge in [0, 0.05) is 11.4 Å². The van der Waals surface area contributed by atoms with Gasteiger partial charge in [-0.15, -0.1) is 0 Å². The zero-order chi connectivity index (χ0) is 21.7. The van der Waals surface area contributed by atoms with Crippen molar-refractivity contribution in [3.8, 4) is 0 Å². The molecule has 2 aromatic carbocycles. The number of aliphatic hydroxyl groups excluding tert-OH is 1. The number of amides is 1. The van der Waals surface area contributed by atoms with E-state index < -0.39 is 5.91 Å². The van der Waals surface area contributed by atoms with Gasteiger partial charge in [0.25, 0.3) is 5.91 Å². The Balaban J connectivity index is 1.51. The summed E-state index contributed by atoms with van der Waals surface area (Å²) in [6.07, 6.45) is 1.71. The van der Waals surface area contributed by atoms with Crippen molar-refractivity contribution in [2.45, 2.75) is 18.7 Å². The molecule has 2 heterocycles. The van der Waals surface area contributed by atoms with Crippen LogP contribution in [0.15, 0.2) is 98.2 Å². The molecule has 0 unspecified atom stereocenters. The smallest absolute Gasteiger partial charge is 0.281 e. The third-order valence-corrected chi connectivity index (χ3v) is 6.57. The Bertz CT molecular complexity index is 1260. The fourth-order valence-electron chi connectivity index (χ4n) is 3.94. The van der Waals surface area contributed by atoms with Crippen molar-refractivity contribution in [2.24, 2.45) is 5.10 Å². The second kappa shape index (κ2) is 7.28. The minimum absolute atomic E-state index is 0.0418. The number of hydrogen-bond donors (Lipinski definition) is 1. The highest BCUT2D eigenvalue weighted by Crippen LogP contribution is 2.47. The van der Waals surface area contributed by atoms with Crippen LogP contribution < -0.4 is 9.91 Å². The highest BCUT2D eigenvalue weighted by molar-refractivity contribution is 8.03. The molecule has 1 N–H and O–H groups in total. The van der Waals surface area contributed by atoms with Crippen molar-refractivity contribution in [1.82, 2.24) is 0 Å². The minimum atomic E-state index is -0.414. The number of carbonyl (C=O) groups is 2. The molecule has 0 radical (unpaired) electrons. The molecule has 3 aliphatic rings. The predicted octanol–water partition coefficient (Wildman–Crippen LogP) is 4.57.